The first kappa shape index (κ1) is 15.6. The third kappa shape index (κ3) is 3.17. The van der Waals surface area contributed by atoms with Gasteiger partial charge in [0, 0.05) is 25.5 Å². The van der Waals surface area contributed by atoms with E-state index in [1.807, 2.05) is 53.0 Å². The first-order valence-corrected chi connectivity index (χ1v) is 8.48. The number of piperidine rings is 1. The number of hydrogen-bond acceptors (Lipinski definition) is 4. The van der Waals surface area contributed by atoms with Crippen LogP contribution in [0.15, 0.2) is 48.9 Å². The molecule has 1 fully saturated rings. The Balaban J connectivity index is 1.51. The summed E-state index contributed by atoms with van der Waals surface area (Å²) in [5, 5.41) is 12.9. The van der Waals surface area contributed by atoms with Crippen molar-refractivity contribution in [2.24, 2.45) is 0 Å². The molecular formula is C18H20N6O. The van der Waals surface area contributed by atoms with Crippen molar-refractivity contribution in [1.29, 1.82) is 0 Å². The Morgan fingerprint density at radius 3 is 2.96 bits per heavy atom. The lowest BCUT2D eigenvalue weighted by Gasteiger charge is -2.32. The van der Waals surface area contributed by atoms with E-state index in [-0.39, 0.29) is 11.9 Å². The molecule has 128 valence electrons. The predicted molar refractivity (Wildman–Crippen MR) is 92.5 cm³/mol. The first-order chi connectivity index (χ1) is 12.2. The number of benzene rings is 1. The van der Waals surface area contributed by atoms with Gasteiger partial charge in [-0.15, -0.1) is 5.10 Å². The number of nitrogens with zero attached hydrogens (tertiary/aromatic N) is 6. The molecule has 3 aromatic rings. The monoisotopic (exact) mass is 336 g/mol. The summed E-state index contributed by atoms with van der Waals surface area (Å²) in [6.45, 7) is 3.41. The van der Waals surface area contributed by atoms with E-state index in [9.17, 15) is 4.79 Å². The van der Waals surface area contributed by atoms with Gasteiger partial charge >= 0.3 is 0 Å². The topological polar surface area (TPSA) is 68.8 Å². The molecule has 0 radical (unpaired) electrons. The highest BCUT2D eigenvalue weighted by atomic mass is 16.2. The smallest absolute Gasteiger partial charge is 0.276 e. The van der Waals surface area contributed by atoms with Crippen molar-refractivity contribution >= 4 is 5.91 Å². The fraction of sp³-hybridized carbons (Fsp3) is 0.333. The second-order valence-electron chi connectivity index (χ2n) is 6.39. The molecule has 7 heteroatoms. The van der Waals surface area contributed by atoms with E-state index >= 15 is 0 Å². The molecule has 1 aliphatic rings. The van der Waals surface area contributed by atoms with Gasteiger partial charge in [0.15, 0.2) is 5.69 Å². The van der Waals surface area contributed by atoms with Gasteiger partial charge in [0.2, 0.25) is 0 Å². The Morgan fingerprint density at radius 1 is 1.24 bits per heavy atom. The van der Waals surface area contributed by atoms with Crippen LogP contribution in [0.5, 0.6) is 0 Å². The summed E-state index contributed by atoms with van der Waals surface area (Å²) in [5.41, 5.74) is 2.36. The standard InChI is InChI=1S/C18H20N6O/c1-14-5-2-6-15(11-14)24-20-12-17(21-24)18(25)22-9-3-7-16(13-22)23-10-4-8-19-23/h2,4-6,8,10-12,16H,3,7,9,13H2,1H3/t16-/m0/s1. The molecular weight excluding hydrogens is 316 g/mol. The lowest BCUT2D eigenvalue weighted by molar-refractivity contribution is 0.0666. The van der Waals surface area contributed by atoms with Gasteiger partial charge in [-0.1, -0.05) is 12.1 Å². The van der Waals surface area contributed by atoms with E-state index in [0.717, 1.165) is 30.6 Å². The molecule has 7 nitrogen and oxygen atoms in total. The van der Waals surface area contributed by atoms with Crippen LogP contribution in [0, 0.1) is 6.92 Å². The molecule has 0 unspecified atom stereocenters. The molecule has 0 N–H and O–H groups in total. The molecule has 1 amide bonds. The highest BCUT2D eigenvalue weighted by Crippen LogP contribution is 2.21. The van der Waals surface area contributed by atoms with Crippen molar-refractivity contribution in [3.05, 3.63) is 60.2 Å². The summed E-state index contributed by atoms with van der Waals surface area (Å²) >= 11 is 0. The Hall–Kier alpha value is -2.96. The maximum absolute atomic E-state index is 12.8. The number of carbonyl (C=O) groups is 1. The maximum atomic E-state index is 12.8. The van der Waals surface area contributed by atoms with E-state index in [0.29, 0.717) is 12.2 Å². The van der Waals surface area contributed by atoms with Crippen molar-refractivity contribution < 1.29 is 4.79 Å². The SMILES string of the molecule is Cc1cccc(-n2ncc(C(=O)N3CCC[C@H](n4cccn4)C3)n2)c1. The van der Waals surface area contributed by atoms with Gasteiger partial charge in [-0.05, 0) is 43.5 Å². The molecule has 2 aromatic heterocycles. The van der Waals surface area contributed by atoms with Crippen molar-refractivity contribution in [2.45, 2.75) is 25.8 Å². The average Bonchev–Trinajstić information content (AvgIpc) is 3.33. The molecule has 4 rings (SSSR count). The predicted octanol–water partition coefficient (Wildman–Crippen LogP) is 2.25. The molecule has 1 atom stereocenters. The number of rotatable bonds is 3. The zero-order valence-electron chi connectivity index (χ0n) is 14.1. The van der Waals surface area contributed by atoms with Crippen LogP contribution < -0.4 is 0 Å². The van der Waals surface area contributed by atoms with Crippen LogP contribution >= 0.6 is 0 Å². The molecule has 0 saturated carbocycles. The fourth-order valence-electron chi connectivity index (χ4n) is 3.25. The summed E-state index contributed by atoms with van der Waals surface area (Å²) in [6, 6.07) is 10.0. The lowest BCUT2D eigenvalue weighted by atomic mass is 10.1. The fourth-order valence-corrected chi connectivity index (χ4v) is 3.25. The zero-order valence-corrected chi connectivity index (χ0v) is 14.1. The third-order valence-corrected chi connectivity index (χ3v) is 4.53. The van der Waals surface area contributed by atoms with Gasteiger partial charge in [-0.2, -0.15) is 15.0 Å². The zero-order chi connectivity index (χ0) is 17.2. The minimum absolute atomic E-state index is 0.0734. The van der Waals surface area contributed by atoms with Crippen LogP contribution in [0.4, 0.5) is 0 Å². The van der Waals surface area contributed by atoms with Gasteiger partial charge in [0.05, 0.1) is 17.9 Å². The minimum atomic E-state index is -0.0734. The number of aryl methyl sites for hydroxylation is 1. The molecule has 0 spiro atoms. The minimum Gasteiger partial charge on any atom is -0.335 e. The normalized spacial score (nSPS) is 17.6. The maximum Gasteiger partial charge on any atom is 0.276 e. The molecule has 1 saturated heterocycles. The first-order valence-electron chi connectivity index (χ1n) is 8.48. The summed E-state index contributed by atoms with van der Waals surface area (Å²) in [7, 11) is 0. The van der Waals surface area contributed by atoms with Gasteiger partial charge in [0.25, 0.3) is 5.91 Å². The quantitative estimate of drug-likeness (QED) is 0.736. The average molecular weight is 336 g/mol. The summed E-state index contributed by atoms with van der Waals surface area (Å²) in [6.07, 6.45) is 7.26. The van der Waals surface area contributed by atoms with Crippen LogP contribution in [0.1, 0.15) is 34.9 Å². The van der Waals surface area contributed by atoms with Crippen LogP contribution in [-0.4, -0.2) is 48.7 Å². The summed E-state index contributed by atoms with van der Waals surface area (Å²) in [5.74, 6) is -0.0734. The Labute approximate surface area is 145 Å². The van der Waals surface area contributed by atoms with Crippen LogP contribution in [0.3, 0.4) is 0 Å². The van der Waals surface area contributed by atoms with E-state index < -0.39 is 0 Å². The van der Waals surface area contributed by atoms with Gasteiger partial charge in [-0.25, -0.2) is 0 Å². The van der Waals surface area contributed by atoms with E-state index in [1.54, 1.807) is 12.4 Å². The molecule has 0 aliphatic carbocycles. The van der Waals surface area contributed by atoms with E-state index in [4.69, 9.17) is 0 Å². The Bertz CT molecular complexity index is 869. The molecule has 1 aliphatic heterocycles. The van der Waals surface area contributed by atoms with E-state index in [2.05, 4.69) is 15.3 Å². The van der Waals surface area contributed by atoms with E-state index in [1.165, 1.54) is 4.80 Å². The third-order valence-electron chi connectivity index (χ3n) is 4.53. The molecule has 0 bridgehead atoms. The summed E-state index contributed by atoms with van der Waals surface area (Å²) < 4.78 is 1.93. The van der Waals surface area contributed by atoms with Crippen LogP contribution in [-0.2, 0) is 0 Å². The largest absolute Gasteiger partial charge is 0.335 e. The Morgan fingerprint density at radius 2 is 2.16 bits per heavy atom. The second-order valence-corrected chi connectivity index (χ2v) is 6.39. The number of likely N-dealkylation sites (tertiary alicyclic amines) is 1. The molecule has 25 heavy (non-hydrogen) atoms. The van der Waals surface area contributed by atoms with Gasteiger partial charge in [0.1, 0.15) is 0 Å². The molecule has 3 heterocycles. The van der Waals surface area contributed by atoms with Gasteiger partial charge < -0.3 is 4.90 Å². The second kappa shape index (κ2) is 6.51. The number of carbonyl (C=O) groups excluding carboxylic acids is 1. The van der Waals surface area contributed by atoms with Crippen LogP contribution in [0.25, 0.3) is 5.69 Å². The van der Waals surface area contributed by atoms with Crippen LogP contribution in [0.2, 0.25) is 0 Å². The van der Waals surface area contributed by atoms with Crippen molar-refractivity contribution in [3.63, 3.8) is 0 Å². The van der Waals surface area contributed by atoms with Crippen molar-refractivity contribution in [1.82, 2.24) is 29.7 Å². The number of aromatic nitrogens is 5. The highest BCUT2D eigenvalue weighted by molar-refractivity contribution is 5.92. The molecule has 1 aromatic carbocycles. The van der Waals surface area contributed by atoms with Crippen molar-refractivity contribution in [2.75, 3.05) is 13.1 Å². The van der Waals surface area contributed by atoms with Crippen molar-refractivity contribution in [3.8, 4) is 5.69 Å². The highest BCUT2D eigenvalue weighted by Gasteiger charge is 2.27. The lowest BCUT2D eigenvalue weighted by Crippen LogP contribution is -2.41. The Kier molecular flexibility index (Phi) is 4.05. The summed E-state index contributed by atoms with van der Waals surface area (Å²) in [4.78, 5) is 16.2. The number of hydrogen-bond donors (Lipinski definition) is 0. The number of amides is 1. The van der Waals surface area contributed by atoms with Gasteiger partial charge in [-0.3, -0.25) is 9.48 Å².